The highest BCUT2D eigenvalue weighted by atomic mass is 16.5. The molecule has 3 aromatic rings. The summed E-state index contributed by atoms with van der Waals surface area (Å²) in [7, 11) is 2.96. The first kappa shape index (κ1) is 25.0. The van der Waals surface area contributed by atoms with Gasteiger partial charge in [0.05, 0.1) is 18.6 Å². The van der Waals surface area contributed by atoms with Crippen molar-refractivity contribution in [1.82, 2.24) is 10.5 Å². The lowest BCUT2D eigenvalue weighted by molar-refractivity contribution is -0.149. The van der Waals surface area contributed by atoms with Gasteiger partial charge < -0.3 is 24.4 Å². The molecule has 0 aliphatic rings. The molecule has 3 rings (SSSR count). The van der Waals surface area contributed by atoms with Crippen molar-refractivity contribution in [2.45, 2.75) is 32.2 Å². The number of ether oxygens (including phenoxy) is 2. The highest BCUT2D eigenvalue weighted by Crippen LogP contribution is 2.30. The Morgan fingerprint density at radius 3 is 2.35 bits per heavy atom. The Morgan fingerprint density at radius 2 is 1.76 bits per heavy atom. The fraction of sp³-hybridized carbons (Fsp3) is 0.346. The van der Waals surface area contributed by atoms with Crippen LogP contribution in [0.5, 0.6) is 5.88 Å². The molecule has 8 nitrogen and oxygen atoms in total. The number of aromatic nitrogens is 1. The molecule has 1 unspecified atom stereocenters. The molecule has 1 amide bonds. The quantitative estimate of drug-likeness (QED) is 0.411. The summed E-state index contributed by atoms with van der Waals surface area (Å²) in [6.45, 7) is 1.97. The van der Waals surface area contributed by atoms with Gasteiger partial charge in [-0.2, -0.15) is 0 Å². The molecule has 2 aromatic carbocycles. The number of carboxylic acids is 1. The highest BCUT2D eigenvalue weighted by Gasteiger charge is 2.36. The highest BCUT2D eigenvalue weighted by molar-refractivity contribution is 5.91. The monoisotopic (exact) mass is 466 g/mol. The summed E-state index contributed by atoms with van der Waals surface area (Å²) < 4.78 is 15.1. The van der Waals surface area contributed by atoms with Crippen LogP contribution in [0.4, 0.5) is 0 Å². The van der Waals surface area contributed by atoms with Crippen LogP contribution in [0.1, 0.15) is 35.9 Å². The van der Waals surface area contributed by atoms with Crippen LogP contribution in [-0.2, 0) is 16.0 Å². The number of nitrogens with zero attached hydrogens (tertiary/aromatic N) is 1. The predicted octanol–water partition coefficient (Wildman–Crippen LogP) is 4.21. The summed E-state index contributed by atoms with van der Waals surface area (Å²) >= 11 is 0. The molecule has 0 fully saturated rings. The maximum atomic E-state index is 12.8. The number of amides is 1. The van der Waals surface area contributed by atoms with Gasteiger partial charge in [0.2, 0.25) is 5.76 Å². The average Bonchev–Trinajstić information content (AvgIpc) is 3.33. The van der Waals surface area contributed by atoms with Crippen LogP contribution in [0.15, 0.2) is 65.2 Å². The molecule has 0 aliphatic carbocycles. The molecular formula is C26H30N2O6. The van der Waals surface area contributed by atoms with Gasteiger partial charge in [-0.05, 0) is 48.0 Å². The number of carbonyl (C=O) groups excluding carboxylic acids is 1. The molecule has 34 heavy (non-hydrogen) atoms. The SMILES string of the molecule is COCCC(C)(C[C@@H](Cc1ccc(-c2ccccc2)cc1)NC(=O)c1cc(OC)no1)C(=O)O. The molecule has 0 saturated carbocycles. The Morgan fingerprint density at radius 1 is 1.09 bits per heavy atom. The van der Waals surface area contributed by atoms with E-state index in [-0.39, 0.29) is 18.1 Å². The van der Waals surface area contributed by atoms with E-state index in [0.29, 0.717) is 19.4 Å². The molecule has 2 atom stereocenters. The minimum atomic E-state index is -1.09. The molecule has 0 aliphatic heterocycles. The van der Waals surface area contributed by atoms with Gasteiger partial charge >= 0.3 is 5.97 Å². The van der Waals surface area contributed by atoms with Gasteiger partial charge in [-0.25, -0.2) is 0 Å². The summed E-state index contributed by atoms with van der Waals surface area (Å²) in [5.41, 5.74) is 2.07. The van der Waals surface area contributed by atoms with E-state index in [1.807, 2.05) is 54.6 Å². The van der Waals surface area contributed by atoms with Gasteiger partial charge in [0, 0.05) is 19.8 Å². The van der Waals surface area contributed by atoms with Crippen molar-refractivity contribution in [3.8, 4) is 17.0 Å². The van der Waals surface area contributed by atoms with Crippen molar-refractivity contribution in [2.75, 3.05) is 20.8 Å². The Balaban J connectivity index is 1.81. The number of aliphatic carboxylic acids is 1. The van der Waals surface area contributed by atoms with Crippen molar-refractivity contribution in [3.63, 3.8) is 0 Å². The Hall–Kier alpha value is -3.65. The second kappa shape index (κ2) is 11.5. The Labute approximate surface area is 198 Å². The number of carboxylic acid groups (broad SMARTS) is 1. The lowest BCUT2D eigenvalue weighted by atomic mass is 9.79. The standard InChI is InChI=1S/C26H30N2O6/c1-26(25(30)31,13-14-32-2)17-21(27-24(29)22-16-23(33-3)28-34-22)15-18-9-11-20(12-10-18)19-7-5-4-6-8-19/h4-12,16,21H,13-15,17H2,1-3H3,(H,27,29)(H,30,31)/t21-,26?/m1/s1. The van der Waals surface area contributed by atoms with Crippen LogP contribution in [0.25, 0.3) is 11.1 Å². The third-order valence-electron chi connectivity index (χ3n) is 5.87. The van der Waals surface area contributed by atoms with Gasteiger partial charge in [0.15, 0.2) is 0 Å². The third-order valence-corrected chi connectivity index (χ3v) is 5.87. The first-order valence-corrected chi connectivity index (χ1v) is 11.0. The van der Waals surface area contributed by atoms with Gasteiger partial charge in [0.1, 0.15) is 0 Å². The van der Waals surface area contributed by atoms with Gasteiger partial charge in [-0.1, -0.05) is 54.6 Å². The van der Waals surface area contributed by atoms with E-state index in [0.717, 1.165) is 16.7 Å². The number of carbonyl (C=O) groups is 2. The summed E-state index contributed by atoms with van der Waals surface area (Å²) in [6.07, 6.45) is 0.972. The number of nitrogens with one attached hydrogen (secondary N) is 1. The zero-order chi connectivity index (χ0) is 24.6. The van der Waals surface area contributed by atoms with Gasteiger partial charge in [-0.3, -0.25) is 9.59 Å². The summed E-state index contributed by atoms with van der Waals surface area (Å²) in [5.74, 6) is -1.24. The number of hydrogen-bond acceptors (Lipinski definition) is 6. The second-order valence-electron chi connectivity index (χ2n) is 8.48. The number of hydrogen-bond donors (Lipinski definition) is 2. The Kier molecular flexibility index (Phi) is 8.43. The van der Waals surface area contributed by atoms with Crippen molar-refractivity contribution in [2.24, 2.45) is 5.41 Å². The molecule has 8 heteroatoms. The van der Waals surface area contributed by atoms with Gasteiger partial charge in [0.25, 0.3) is 11.8 Å². The summed E-state index contributed by atoms with van der Waals surface area (Å²) in [4.78, 5) is 24.9. The van der Waals surface area contributed by atoms with E-state index >= 15 is 0 Å². The van der Waals surface area contributed by atoms with E-state index < -0.39 is 23.3 Å². The van der Waals surface area contributed by atoms with Crippen LogP contribution < -0.4 is 10.1 Å². The lowest BCUT2D eigenvalue weighted by Crippen LogP contribution is -2.43. The molecule has 1 aromatic heterocycles. The van der Waals surface area contributed by atoms with Crippen LogP contribution in [0.3, 0.4) is 0 Å². The smallest absolute Gasteiger partial charge is 0.309 e. The van der Waals surface area contributed by atoms with E-state index in [4.69, 9.17) is 14.0 Å². The van der Waals surface area contributed by atoms with Crippen molar-refractivity contribution < 1.29 is 28.7 Å². The molecular weight excluding hydrogens is 436 g/mol. The maximum absolute atomic E-state index is 12.8. The molecule has 180 valence electrons. The molecule has 0 spiro atoms. The minimum absolute atomic E-state index is 0.00445. The maximum Gasteiger partial charge on any atom is 0.309 e. The average molecular weight is 467 g/mol. The van der Waals surface area contributed by atoms with E-state index in [9.17, 15) is 14.7 Å². The van der Waals surface area contributed by atoms with E-state index in [2.05, 4.69) is 10.5 Å². The number of rotatable bonds is 12. The lowest BCUT2D eigenvalue weighted by Gasteiger charge is -2.30. The van der Waals surface area contributed by atoms with Crippen LogP contribution in [0, 0.1) is 5.41 Å². The van der Waals surface area contributed by atoms with Crippen LogP contribution >= 0.6 is 0 Å². The van der Waals surface area contributed by atoms with Crippen molar-refractivity contribution in [3.05, 3.63) is 72.0 Å². The largest absolute Gasteiger partial charge is 0.481 e. The molecule has 0 radical (unpaired) electrons. The fourth-order valence-electron chi connectivity index (χ4n) is 3.81. The van der Waals surface area contributed by atoms with Crippen molar-refractivity contribution in [1.29, 1.82) is 0 Å². The second-order valence-corrected chi connectivity index (χ2v) is 8.48. The molecule has 0 bridgehead atoms. The number of methoxy groups -OCH3 is 2. The third kappa shape index (κ3) is 6.45. The topological polar surface area (TPSA) is 111 Å². The molecule has 1 heterocycles. The van der Waals surface area contributed by atoms with Crippen molar-refractivity contribution >= 4 is 11.9 Å². The van der Waals surface area contributed by atoms with E-state index in [1.165, 1.54) is 20.3 Å². The summed E-state index contributed by atoms with van der Waals surface area (Å²) in [5, 5.41) is 16.5. The zero-order valence-electron chi connectivity index (χ0n) is 19.6. The first-order chi connectivity index (χ1) is 16.3. The molecule has 2 N–H and O–H groups in total. The summed E-state index contributed by atoms with van der Waals surface area (Å²) in [6, 6.07) is 19.0. The normalized spacial score (nSPS) is 13.6. The molecule has 0 saturated heterocycles. The Bertz CT molecular complexity index is 1080. The number of benzene rings is 2. The first-order valence-electron chi connectivity index (χ1n) is 11.0. The zero-order valence-corrected chi connectivity index (χ0v) is 19.6. The van der Waals surface area contributed by atoms with Crippen LogP contribution in [-0.4, -0.2) is 49.0 Å². The minimum Gasteiger partial charge on any atom is -0.481 e. The van der Waals surface area contributed by atoms with Gasteiger partial charge in [-0.15, -0.1) is 0 Å². The fourth-order valence-corrected chi connectivity index (χ4v) is 3.81. The van der Waals surface area contributed by atoms with E-state index in [1.54, 1.807) is 6.92 Å². The van der Waals surface area contributed by atoms with Crippen LogP contribution in [0.2, 0.25) is 0 Å². The predicted molar refractivity (Wildman–Crippen MR) is 127 cm³/mol.